The number of alkyl halides is 6. The number of H-pyrrole nitrogens is 1. The van der Waals surface area contributed by atoms with E-state index in [0.29, 0.717) is 17.7 Å². The molecule has 3 aromatic rings. The van der Waals surface area contributed by atoms with Crippen LogP contribution in [0.3, 0.4) is 0 Å². The third-order valence-corrected chi connectivity index (χ3v) is 10.4. The average molecular weight is 987 g/mol. The summed E-state index contributed by atoms with van der Waals surface area (Å²) in [6, 6.07) is 8.87. The molecule has 0 saturated carbocycles. The second-order valence-corrected chi connectivity index (χ2v) is 16.1. The lowest BCUT2D eigenvalue weighted by molar-refractivity contribution is -0.231. The Morgan fingerprint density at radius 3 is 1.65 bits per heavy atom. The number of halogens is 6. The highest BCUT2D eigenvalue weighted by atomic mass is 31.2. The molecule has 2 heterocycles. The monoisotopic (exact) mass is 986 g/mol. The number of aromatic amines is 1. The summed E-state index contributed by atoms with van der Waals surface area (Å²) in [7, 11) is -1.88. The van der Waals surface area contributed by atoms with Crippen molar-refractivity contribution >= 4 is 7.75 Å². The van der Waals surface area contributed by atoms with Gasteiger partial charge in [-0.2, -0.15) is 26.3 Å². The normalized spacial score (nSPS) is 20.3. The van der Waals surface area contributed by atoms with Gasteiger partial charge in [0, 0.05) is 19.6 Å². The van der Waals surface area contributed by atoms with Crippen molar-refractivity contribution in [3.05, 3.63) is 87.1 Å². The Kier molecular flexibility index (Phi) is 23.4. The van der Waals surface area contributed by atoms with Gasteiger partial charge in [-0.1, -0.05) is 30.3 Å². The Bertz CT molecular complexity index is 1920. The number of hydrogen-bond acceptors (Lipinski definition) is 18. The first-order chi connectivity index (χ1) is 30.6. The SMILES string of the molecule is CNC[C@H](O)[C@@H](O)[C@H](O)[C@H](O)CO.CNC[C@H](O)[C@@H](O)[C@H](O)[C@H](O)CO.C[C@@H](O[C@H]1OCCN(Cc2nn(P(=O)(O)O)c(=O)[nH]2)[C@H]1c1ccccc1)c1cc(C(F)(F)F)cc(C(F)(F)F)c1. The second kappa shape index (κ2) is 26.3. The zero-order valence-corrected chi connectivity index (χ0v) is 36.4. The van der Waals surface area contributed by atoms with Gasteiger partial charge in [-0.15, -0.1) is 9.55 Å². The maximum absolute atomic E-state index is 13.4. The first-order valence-electron chi connectivity index (χ1n) is 19.7. The molecule has 15 N–H and O–H groups in total. The zero-order valence-electron chi connectivity index (χ0n) is 35.5. The minimum absolute atomic E-state index is 0.00222. The van der Waals surface area contributed by atoms with E-state index in [1.54, 1.807) is 49.3 Å². The molecule has 0 spiro atoms. The molecule has 29 heteroatoms. The molecular weight excluding hydrogens is 929 g/mol. The summed E-state index contributed by atoms with van der Waals surface area (Å²) in [6.07, 6.45) is -23.8. The van der Waals surface area contributed by atoms with E-state index in [4.69, 9.17) is 50.3 Å². The van der Waals surface area contributed by atoms with E-state index >= 15 is 0 Å². The third kappa shape index (κ3) is 17.5. The van der Waals surface area contributed by atoms with Crippen LogP contribution in [-0.2, 0) is 32.9 Å². The summed E-state index contributed by atoms with van der Waals surface area (Å²) >= 11 is 0. The van der Waals surface area contributed by atoms with E-state index in [9.17, 15) is 55.7 Å². The predicted molar refractivity (Wildman–Crippen MR) is 216 cm³/mol. The molecule has 0 aliphatic carbocycles. The van der Waals surface area contributed by atoms with Crippen LogP contribution in [0.2, 0.25) is 0 Å². The molecule has 1 aromatic heterocycles. The van der Waals surface area contributed by atoms with Crippen molar-refractivity contribution < 1.29 is 101 Å². The Morgan fingerprint density at radius 1 is 0.803 bits per heavy atom. The number of morpholine rings is 1. The van der Waals surface area contributed by atoms with Crippen LogP contribution in [0.4, 0.5) is 26.3 Å². The van der Waals surface area contributed by atoms with Gasteiger partial charge in [0.2, 0.25) is 0 Å². The van der Waals surface area contributed by atoms with Crippen molar-refractivity contribution in [3.63, 3.8) is 0 Å². The number of nitrogens with one attached hydrogen (secondary N) is 3. The maximum atomic E-state index is 13.4. The van der Waals surface area contributed by atoms with E-state index in [1.807, 2.05) is 0 Å². The van der Waals surface area contributed by atoms with Gasteiger partial charge >= 0.3 is 25.8 Å². The molecule has 0 unspecified atom stereocenters. The fourth-order valence-corrected chi connectivity index (χ4v) is 6.59. The summed E-state index contributed by atoms with van der Waals surface area (Å²) in [5.74, 6) is -0.101. The van der Waals surface area contributed by atoms with Crippen molar-refractivity contribution in [1.29, 1.82) is 0 Å². The van der Waals surface area contributed by atoms with E-state index in [-0.39, 0.29) is 54.7 Å². The van der Waals surface area contributed by atoms with Gasteiger partial charge in [-0.05, 0) is 50.3 Å². The summed E-state index contributed by atoms with van der Waals surface area (Å²) in [5.41, 5.74) is -3.89. The van der Waals surface area contributed by atoms with E-state index in [1.165, 1.54) is 6.92 Å². The lowest BCUT2D eigenvalue weighted by atomic mass is 10.0. The van der Waals surface area contributed by atoms with Gasteiger partial charge < -0.3 is 81.0 Å². The molecule has 11 atom stereocenters. The molecule has 0 radical (unpaired) electrons. The van der Waals surface area contributed by atoms with Gasteiger partial charge in [0.05, 0.1) is 61.8 Å². The van der Waals surface area contributed by atoms with Crippen molar-refractivity contribution in [2.75, 3.05) is 53.6 Å². The van der Waals surface area contributed by atoms with Crippen LogP contribution in [0.5, 0.6) is 0 Å². The third-order valence-electron chi connectivity index (χ3n) is 9.60. The zero-order chi connectivity index (χ0) is 50.3. The summed E-state index contributed by atoms with van der Waals surface area (Å²) in [6.45, 7) is 0.225. The molecule has 2 aromatic carbocycles. The quantitative estimate of drug-likeness (QED) is 0.0436. The molecule has 1 saturated heterocycles. The second-order valence-electron chi connectivity index (χ2n) is 14.7. The molecule has 1 fully saturated rings. The number of aliphatic hydroxyl groups excluding tert-OH is 10. The van der Waals surface area contributed by atoms with E-state index < -0.39 is 117 Å². The van der Waals surface area contributed by atoms with Crippen LogP contribution in [-0.4, -0.2) is 189 Å². The Hall–Kier alpha value is -3.49. The maximum Gasteiger partial charge on any atom is 0.454 e. The van der Waals surface area contributed by atoms with Gasteiger partial charge in [-0.25, -0.2) is 9.36 Å². The van der Waals surface area contributed by atoms with Gasteiger partial charge in [0.25, 0.3) is 0 Å². The number of aliphatic hydroxyl groups is 10. The Labute approximate surface area is 372 Å². The predicted octanol–water partition coefficient (Wildman–Crippen LogP) is -2.49. The number of benzene rings is 2. The molecule has 66 heavy (non-hydrogen) atoms. The summed E-state index contributed by atoms with van der Waals surface area (Å²) in [5, 5.41) is 98.6. The number of hydrogen-bond donors (Lipinski definition) is 15. The first-order valence-corrected chi connectivity index (χ1v) is 21.2. The van der Waals surface area contributed by atoms with Gasteiger partial charge in [0.15, 0.2) is 6.29 Å². The number of rotatable bonds is 19. The van der Waals surface area contributed by atoms with Crippen LogP contribution >= 0.6 is 7.75 Å². The minimum atomic E-state index is -5.03. The number of aromatic nitrogens is 3. The Balaban J connectivity index is 0.000000470. The first kappa shape index (κ1) is 58.6. The van der Waals surface area contributed by atoms with E-state index in [0.717, 1.165) is 0 Å². The highest BCUT2D eigenvalue weighted by Gasteiger charge is 2.40. The topological polar surface area (TPSA) is 356 Å². The fraction of sp³-hybridized carbons (Fsp3) is 0.622. The summed E-state index contributed by atoms with van der Waals surface area (Å²) in [4.78, 5) is 34.5. The van der Waals surface area contributed by atoms with Crippen LogP contribution < -0.4 is 16.3 Å². The van der Waals surface area contributed by atoms with Crippen molar-refractivity contribution in [2.24, 2.45) is 0 Å². The lowest BCUT2D eigenvalue weighted by Crippen LogP contribution is -2.48. The molecule has 1 aliphatic heterocycles. The number of likely N-dealkylation sites (N-methyl/N-ethyl adjacent to an activating group) is 2. The molecule has 22 nitrogen and oxygen atoms in total. The molecule has 378 valence electrons. The van der Waals surface area contributed by atoms with E-state index in [2.05, 4.69) is 20.7 Å². The van der Waals surface area contributed by atoms with Crippen LogP contribution in [0.1, 0.15) is 47.1 Å². The van der Waals surface area contributed by atoms with Crippen LogP contribution in [0, 0.1) is 0 Å². The molecular formula is C37H57F6N6O16P. The number of ether oxygens (including phenoxy) is 2. The van der Waals surface area contributed by atoms with Crippen molar-refractivity contribution in [3.8, 4) is 0 Å². The average Bonchev–Trinajstić information content (AvgIpc) is 3.65. The molecule has 0 bridgehead atoms. The smallest absolute Gasteiger partial charge is 0.394 e. The summed E-state index contributed by atoms with van der Waals surface area (Å²) < 4.78 is 103. The van der Waals surface area contributed by atoms with Crippen molar-refractivity contribution in [1.82, 2.24) is 30.1 Å². The van der Waals surface area contributed by atoms with Crippen LogP contribution in [0.15, 0.2) is 53.3 Å². The molecule has 0 amide bonds. The Morgan fingerprint density at radius 2 is 1.26 bits per heavy atom. The lowest BCUT2D eigenvalue weighted by Gasteiger charge is -2.41. The highest BCUT2D eigenvalue weighted by molar-refractivity contribution is 7.49. The van der Waals surface area contributed by atoms with Crippen LogP contribution in [0.25, 0.3) is 0 Å². The standard InChI is InChI=1S/C23H23F6N4O6P.2C7H17NO5/c1-13(15-9-16(22(24,25)26)11-17(10-15)23(27,28)29)39-20-19(14-5-3-2-4-6-14)32(7-8-38-20)12-18-30-21(34)33(31-18)40(35,36)37;2*1-8-2-4(10)6(12)7(13)5(11)3-9/h2-6,9-11,13,19-20H,7-8,12H2,1H3,(H,30,31,34)(H2,35,36,37);2*4-13H,2-3H2,1H3/t13-,19+,20-;2*4-,5+,6+,7+/m100/s1. The van der Waals surface area contributed by atoms with Gasteiger partial charge in [-0.3, -0.25) is 9.88 Å². The number of nitrogens with zero attached hydrogens (tertiary/aromatic N) is 3. The largest absolute Gasteiger partial charge is 0.454 e. The fourth-order valence-electron chi connectivity index (χ4n) is 6.08. The van der Waals surface area contributed by atoms with Crippen molar-refractivity contribution in [2.45, 2.75) is 93.1 Å². The van der Waals surface area contributed by atoms with Gasteiger partial charge in [0.1, 0.15) is 42.4 Å². The minimum Gasteiger partial charge on any atom is -0.394 e. The highest BCUT2D eigenvalue weighted by Crippen LogP contribution is 2.40. The molecule has 4 rings (SSSR count). The molecule has 1 aliphatic rings.